The van der Waals surface area contributed by atoms with Crippen molar-refractivity contribution in [3.8, 4) is 0 Å². The molecule has 0 unspecified atom stereocenters. The zero-order valence-electron chi connectivity index (χ0n) is 13.5. The van der Waals surface area contributed by atoms with Crippen molar-refractivity contribution in [3.63, 3.8) is 0 Å². The predicted molar refractivity (Wildman–Crippen MR) is 99.0 cm³/mol. The largest absolute Gasteiger partial charge is 0.379 e. The number of benzene rings is 2. The predicted octanol–water partition coefficient (Wildman–Crippen LogP) is 3.06. The van der Waals surface area contributed by atoms with E-state index in [4.69, 9.17) is 0 Å². The van der Waals surface area contributed by atoms with Crippen LogP contribution in [0.3, 0.4) is 0 Å². The van der Waals surface area contributed by atoms with Crippen molar-refractivity contribution in [2.24, 2.45) is 0 Å². The molecule has 26 heavy (non-hydrogen) atoms. The average Bonchev–Trinajstić information content (AvgIpc) is 2.58. The monoisotopic (exact) mass is 433 g/mol. The van der Waals surface area contributed by atoms with Gasteiger partial charge in [-0.15, -0.1) is 0 Å². The molecule has 2 aromatic rings. The first kappa shape index (κ1) is 17.1. The number of carbonyl (C=O) groups excluding carboxylic acids is 2. The van der Waals surface area contributed by atoms with Gasteiger partial charge in [0.15, 0.2) is 11.6 Å². The van der Waals surface area contributed by atoms with Gasteiger partial charge in [0.05, 0.1) is 5.69 Å². The molecule has 0 bridgehead atoms. The molecule has 0 aromatic heterocycles. The molecule has 132 valence electrons. The number of carbonyl (C=O) groups is 2. The highest BCUT2D eigenvalue weighted by molar-refractivity contribution is 9.10. The van der Waals surface area contributed by atoms with Gasteiger partial charge in [-0.3, -0.25) is 14.1 Å². The minimum atomic E-state index is -4.53. The van der Waals surface area contributed by atoms with Crippen LogP contribution in [0.2, 0.25) is 0 Å². The molecule has 2 aromatic carbocycles. The number of nitrogens with one attached hydrogen (secondary N) is 1. The Bertz CT molecular complexity index is 1160. The van der Waals surface area contributed by atoms with Crippen LogP contribution >= 0.6 is 15.9 Å². The Kier molecular flexibility index (Phi) is 3.69. The molecule has 0 amide bonds. The van der Waals surface area contributed by atoms with Gasteiger partial charge in [-0.2, -0.15) is 8.42 Å². The van der Waals surface area contributed by atoms with E-state index in [1.165, 1.54) is 13.0 Å². The van der Waals surface area contributed by atoms with Gasteiger partial charge in [-0.1, -0.05) is 24.3 Å². The molecule has 4 rings (SSSR count). The lowest BCUT2D eigenvalue weighted by atomic mass is 9.76. The second-order valence-electron chi connectivity index (χ2n) is 6.09. The van der Waals surface area contributed by atoms with E-state index in [9.17, 15) is 22.6 Å². The van der Waals surface area contributed by atoms with E-state index in [0.29, 0.717) is 27.8 Å². The first-order valence-electron chi connectivity index (χ1n) is 7.68. The molecule has 1 heterocycles. The average molecular weight is 434 g/mol. The summed E-state index contributed by atoms with van der Waals surface area (Å²) < 4.78 is 33.6. The molecule has 0 spiro atoms. The Morgan fingerprint density at radius 3 is 2.46 bits per heavy atom. The summed E-state index contributed by atoms with van der Waals surface area (Å²) in [7, 11) is -4.53. The normalized spacial score (nSPS) is 15.3. The van der Waals surface area contributed by atoms with Crippen LogP contribution < -0.4 is 5.32 Å². The smallest absolute Gasteiger partial charge is 0.296 e. The molecule has 0 saturated heterocycles. The van der Waals surface area contributed by atoms with Crippen LogP contribution in [0.25, 0.3) is 5.57 Å². The summed E-state index contributed by atoms with van der Waals surface area (Å²) in [5.41, 5.74) is 2.74. The molecule has 1 aliphatic heterocycles. The topological polar surface area (TPSA) is 101 Å². The summed E-state index contributed by atoms with van der Waals surface area (Å²) in [6, 6.07) is 8.11. The maximum atomic E-state index is 13.0. The van der Waals surface area contributed by atoms with Crippen LogP contribution in [-0.4, -0.2) is 31.1 Å². The number of rotatable bonds is 2. The van der Waals surface area contributed by atoms with Crippen molar-refractivity contribution in [2.75, 3.05) is 11.9 Å². The molecular formula is C18H12BrNO5S. The highest BCUT2D eigenvalue weighted by Gasteiger charge is 2.38. The van der Waals surface area contributed by atoms with E-state index in [1.807, 2.05) is 0 Å². The zero-order valence-corrected chi connectivity index (χ0v) is 15.9. The van der Waals surface area contributed by atoms with Gasteiger partial charge in [0.2, 0.25) is 0 Å². The third kappa shape index (κ3) is 2.29. The fourth-order valence-electron chi connectivity index (χ4n) is 3.53. The molecule has 2 N–H and O–H groups in total. The van der Waals surface area contributed by atoms with Crippen molar-refractivity contribution < 1.29 is 22.6 Å². The molecule has 6 nitrogen and oxygen atoms in total. The lowest BCUT2D eigenvalue weighted by Crippen LogP contribution is -2.27. The molecule has 0 radical (unpaired) electrons. The highest BCUT2D eigenvalue weighted by Crippen LogP contribution is 2.48. The minimum Gasteiger partial charge on any atom is -0.379 e. The maximum Gasteiger partial charge on any atom is 0.296 e. The van der Waals surface area contributed by atoms with Crippen molar-refractivity contribution in [2.45, 2.75) is 11.8 Å². The number of Topliss-reactive ketones (excluding diaryl/α,β-unsaturated/α-hetero) is 1. The third-order valence-electron chi connectivity index (χ3n) is 4.61. The third-order valence-corrected chi connectivity index (χ3v) is 6.11. The van der Waals surface area contributed by atoms with E-state index >= 15 is 0 Å². The number of hydrogen-bond acceptors (Lipinski definition) is 5. The van der Waals surface area contributed by atoms with Crippen LogP contribution in [0.5, 0.6) is 0 Å². The fourth-order valence-corrected chi connectivity index (χ4v) is 4.98. The number of halogens is 1. The molecule has 2 aliphatic rings. The maximum absolute atomic E-state index is 13.0. The molecule has 0 fully saturated rings. The van der Waals surface area contributed by atoms with Crippen LogP contribution in [0.1, 0.15) is 34.0 Å². The van der Waals surface area contributed by atoms with Crippen LogP contribution in [-0.2, 0) is 14.9 Å². The van der Waals surface area contributed by atoms with Gasteiger partial charge in [-0.25, -0.2) is 0 Å². The standard InChI is InChI=1S/C18H12BrNO5S/c1-8(21)11-7-20-17-13(26(23,24)25)6-12(19)15-16(17)14(11)9-4-2-3-5-10(9)18(15)22/h2-6,20H,7H2,1H3,(H,23,24,25). The van der Waals surface area contributed by atoms with E-state index in [-0.39, 0.29) is 38.7 Å². The van der Waals surface area contributed by atoms with Crippen LogP contribution in [0.15, 0.2) is 45.3 Å². The van der Waals surface area contributed by atoms with Gasteiger partial charge in [0, 0.05) is 38.9 Å². The van der Waals surface area contributed by atoms with E-state index < -0.39 is 10.1 Å². The van der Waals surface area contributed by atoms with Crippen molar-refractivity contribution in [1.29, 1.82) is 0 Å². The Hall–Kier alpha value is -2.29. The summed E-state index contributed by atoms with van der Waals surface area (Å²) >= 11 is 3.26. The van der Waals surface area contributed by atoms with Crippen molar-refractivity contribution in [1.82, 2.24) is 0 Å². The van der Waals surface area contributed by atoms with Gasteiger partial charge in [0.25, 0.3) is 10.1 Å². The molecule has 0 atom stereocenters. The molecule has 1 aliphatic carbocycles. The van der Waals surface area contributed by atoms with Crippen molar-refractivity contribution in [3.05, 3.63) is 62.6 Å². The summed E-state index contributed by atoms with van der Waals surface area (Å²) in [5, 5.41) is 2.90. The number of ketones is 2. The van der Waals surface area contributed by atoms with Crippen molar-refractivity contribution >= 4 is 48.9 Å². The van der Waals surface area contributed by atoms with E-state index in [2.05, 4.69) is 21.2 Å². The number of anilines is 1. The lowest BCUT2D eigenvalue weighted by Gasteiger charge is -2.32. The minimum absolute atomic E-state index is 0.101. The highest BCUT2D eigenvalue weighted by atomic mass is 79.9. The van der Waals surface area contributed by atoms with Gasteiger partial charge in [-0.05, 0) is 34.5 Å². The summed E-state index contributed by atoms with van der Waals surface area (Å²) in [5.74, 6) is -0.456. The SMILES string of the molecule is CC(=O)C1=C2c3ccccc3C(=O)c3c(Br)cc(S(=O)(=O)O)c(c32)NC1. The molecule has 0 saturated carbocycles. The summed E-state index contributed by atoms with van der Waals surface area (Å²) in [6.45, 7) is 1.53. The van der Waals surface area contributed by atoms with Crippen LogP contribution in [0, 0.1) is 0 Å². The van der Waals surface area contributed by atoms with E-state index in [0.717, 1.165) is 0 Å². The second kappa shape index (κ2) is 5.60. The molecule has 8 heteroatoms. The lowest BCUT2D eigenvalue weighted by molar-refractivity contribution is -0.113. The summed E-state index contributed by atoms with van der Waals surface area (Å²) in [4.78, 5) is 24.9. The number of hydrogen-bond donors (Lipinski definition) is 2. The van der Waals surface area contributed by atoms with Gasteiger partial charge < -0.3 is 5.32 Å². The first-order valence-corrected chi connectivity index (χ1v) is 9.91. The van der Waals surface area contributed by atoms with Gasteiger partial charge in [0.1, 0.15) is 4.90 Å². The Labute approximate surface area is 157 Å². The quantitative estimate of drug-likeness (QED) is 0.602. The zero-order chi connectivity index (χ0) is 18.8. The van der Waals surface area contributed by atoms with Gasteiger partial charge >= 0.3 is 0 Å². The Morgan fingerprint density at radius 1 is 1.19 bits per heavy atom. The second-order valence-corrected chi connectivity index (χ2v) is 8.34. The Balaban J connectivity index is 2.24. The molecular weight excluding hydrogens is 422 g/mol. The Morgan fingerprint density at radius 2 is 1.85 bits per heavy atom. The number of fused-ring (bicyclic) bond motifs is 2. The summed E-state index contributed by atoms with van der Waals surface area (Å²) in [6.07, 6.45) is 0. The fraction of sp³-hybridized carbons (Fsp3) is 0.111. The van der Waals surface area contributed by atoms with Crippen LogP contribution in [0.4, 0.5) is 5.69 Å². The van der Waals surface area contributed by atoms with E-state index in [1.54, 1.807) is 24.3 Å². The first-order chi connectivity index (χ1) is 12.2.